The molecule has 1 aromatic carbocycles. The van der Waals surface area contributed by atoms with Gasteiger partial charge in [0.25, 0.3) is 0 Å². The van der Waals surface area contributed by atoms with Crippen LogP contribution in [0.4, 0.5) is 0 Å². The first kappa shape index (κ1) is 19.9. The molecule has 3 fully saturated rings. The van der Waals surface area contributed by atoms with Crippen molar-refractivity contribution >= 4 is 17.3 Å². The van der Waals surface area contributed by atoms with Crippen LogP contribution in [0.2, 0.25) is 0 Å². The molecule has 0 radical (unpaired) electrons. The summed E-state index contributed by atoms with van der Waals surface area (Å²) in [5, 5.41) is 0. The molecule has 0 heterocycles. The highest BCUT2D eigenvalue weighted by Crippen LogP contribution is 2.63. The van der Waals surface area contributed by atoms with E-state index in [9.17, 15) is 14.4 Å². The first-order chi connectivity index (χ1) is 14.3. The smallest absolute Gasteiger partial charge is 0.173 e. The van der Waals surface area contributed by atoms with E-state index in [1.165, 1.54) is 5.57 Å². The van der Waals surface area contributed by atoms with Gasteiger partial charge < -0.3 is 0 Å². The van der Waals surface area contributed by atoms with Crippen LogP contribution in [0.5, 0.6) is 0 Å². The molecule has 1 aromatic rings. The van der Waals surface area contributed by atoms with Crippen molar-refractivity contribution in [2.75, 3.05) is 0 Å². The Balaban J connectivity index is 1.47. The van der Waals surface area contributed by atoms with Crippen molar-refractivity contribution in [3.63, 3.8) is 0 Å². The molecule has 3 heteroatoms. The molecule has 4 aliphatic rings. The summed E-state index contributed by atoms with van der Waals surface area (Å²) < 4.78 is 0. The summed E-state index contributed by atoms with van der Waals surface area (Å²) in [6.07, 6.45) is 9.26. The van der Waals surface area contributed by atoms with E-state index < -0.39 is 5.92 Å². The van der Waals surface area contributed by atoms with E-state index in [0.29, 0.717) is 41.9 Å². The number of carbonyl (C=O) groups excluding carboxylic acids is 3. The van der Waals surface area contributed by atoms with E-state index in [1.807, 2.05) is 30.3 Å². The second-order valence-corrected chi connectivity index (χ2v) is 10.7. The van der Waals surface area contributed by atoms with Gasteiger partial charge in [-0.15, -0.1) is 0 Å². The van der Waals surface area contributed by atoms with Crippen molar-refractivity contribution < 1.29 is 14.4 Å². The number of rotatable bonds is 2. The minimum Gasteiger partial charge on any atom is -0.299 e. The molecule has 0 bridgehead atoms. The van der Waals surface area contributed by atoms with Crippen LogP contribution in [0.15, 0.2) is 42.0 Å². The lowest BCUT2D eigenvalue weighted by molar-refractivity contribution is -0.145. The monoisotopic (exact) mass is 404 g/mol. The van der Waals surface area contributed by atoms with Crippen molar-refractivity contribution in [3.05, 3.63) is 47.5 Å². The fourth-order valence-electron chi connectivity index (χ4n) is 7.57. The molecular weight excluding hydrogens is 372 g/mol. The second kappa shape index (κ2) is 7.00. The number of allylic oxidation sites excluding steroid dienone is 2. The Bertz CT molecular complexity index is 929. The molecule has 6 unspecified atom stereocenters. The van der Waals surface area contributed by atoms with E-state index in [2.05, 4.69) is 19.9 Å². The molecule has 0 amide bonds. The van der Waals surface area contributed by atoms with Crippen LogP contribution in [-0.2, 0) is 9.59 Å². The van der Waals surface area contributed by atoms with Crippen LogP contribution in [-0.4, -0.2) is 17.3 Å². The Hall–Kier alpha value is -2.03. The highest BCUT2D eigenvalue weighted by atomic mass is 16.2. The second-order valence-electron chi connectivity index (χ2n) is 10.7. The minimum absolute atomic E-state index is 0.0171. The van der Waals surface area contributed by atoms with Gasteiger partial charge in [0.2, 0.25) is 0 Å². The van der Waals surface area contributed by atoms with Gasteiger partial charge in [-0.1, -0.05) is 55.8 Å². The maximum absolute atomic E-state index is 13.2. The molecular formula is C27H32O3. The number of hydrogen-bond donors (Lipinski definition) is 0. The first-order valence-corrected chi connectivity index (χ1v) is 11.7. The molecule has 0 N–H and O–H groups in total. The van der Waals surface area contributed by atoms with Crippen LogP contribution in [0, 0.1) is 34.5 Å². The molecule has 4 aliphatic carbocycles. The SMILES string of the molecule is CC12CCC3C(CC=C4CC(=O)C(C(=O)c5ccccc5)CC43C)C1CCCC2=O. The lowest BCUT2D eigenvalue weighted by Gasteiger charge is -2.59. The van der Waals surface area contributed by atoms with Crippen molar-refractivity contribution in [3.8, 4) is 0 Å². The van der Waals surface area contributed by atoms with Gasteiger partial charge in [0.1, 0.15) is 11.6 Å². The van der Waals surface area contributed by atoms with Gasteiger partial charge in [-0.25, -0.2) is 0 Å². The summed E-state index contributed by atoms with van der Waals surface area (Å²) in [5.41, 5.74) is 1.64. The molecule has 3 nitrogen and oxygen atoms in total. The summed E-state index contributed by atoms with van der Waals surface area (Å²) >= 11 is 0. The fraction of sp³-hybridized carbons (Fsp3) is 0.593. The maximum atomic E-state index is 13.2. The van der Waals surface area contributed by atoms with E-state index in [0.717, 1.165) is 38.5 Å². The predicted molar refractivity (Wildman–Crippen MR) is 116 cm³/mol. The zero-order valence-corrected chi connectivity index (χ0v) is 18.2. The standard InChI is InChI=1S/C27H32O3/c1-26-14-13-22-19(21(26)9-6-10-24(26)29)12-11-18-15-23(28)20(16-27(18,22)2)25(30)17-7-4-3-5-8-17/h3-5,7-8,11,19-22H,6,9-10,12-16H2,1-2H3. The Labute approximate surface area is 179 Å². The third kappa shape index (κ3) is 2.81. The van der Waals surface area contributed by atoms with E-state index in [-0.39, 0.29) is 22.4 Å². The number of fused-ring (bicyclic) bond motifs is 5. The van der Waals surface area contributed by atoms with Crippen LogP contribution in [0.1, 0.15) is 75.6 Å². The highest BCUT2D eigenvalue weighted by Gasteiger charge is 2.58. The molecule has 5 rings (SSSR count). The summed E-state index contributed by atoms with van der Waals surface area (Å²) in [4.78, 5) is 39.0. The summed E-state index contributed by atoms with van der Waals surface area (Å²) in [6, 6.07) is 9.29. The summed E-state index contributed by atoms with van der Waals surface area (Å²) in [7, 11) is 0. The summed E-state index contributed by atoms with van der Waals surface area (Å²) in [5.74, 6) is 1.43. The quantitative estimate of drug-likeness (QED) is 0.367. The van der Waals surface area contributed by atoms with Crippen LogP contribution in [0.3, 0.4) is 0 Å². The lowest BCUT2D eigenvalue weighted by Crippen LogP contribution is -2.55. The third-order valence-electron chi connectivity index (χ3n) is 9.33. The number of hydrogen-bond acceptors (Lipinski definition) is 3. The molecule has 6 atom stereocenters. The maximum Gasteiger partial charge on any atom is 0.173 e. The molecule has 3 saturated carbocycles. The predicted octanol–water partition coefficient (Wildman–Crippen LogP) is 5.59. The Morgan fingerprint density at radius 1 is 1.00 bits per heavy atom. The molecule has 0 aliphatic heterocycles. The van der Waals surface area contributed by atoms with Gasteiger partial charge in [-0.2, -0.15) is 0 Å². The van der Waals surface area contributed by atoms with Gasteiger partial charge in [0.05, 0.1) is 5.92 Å². The zero-order valence-electron chi connectivity index (χ0n) is 18.2. The van der Waals surface area contributed by atoms with Crippen molar-refractivity contribution in [2.24, 2.45) is 34.5 Å². The Morgan fingerprint density at radius 3 is 2.50 bits per heavy atom. The molecule has 0 spiro atoms. The third-order valence-corrected chi connectivity index (χ3v) is 9.33. The largest absolute Gasteiger partial charge is 0.299 e. The van der Waals surface area contributed by atoms with E-state index >= 15 is 0 Å². The van der Waals surface area contributed by atoms with Crippen molar-refractivity contribution in [1.29, 1.82) is 0 Å². The van der Waals surface area contributed by atoms with Gasteiger partial charge >= 0.3 is 0 Å². The normalized spacial score (nSPS) is 40.7. The zero-order chi connectivity index (χ0) is 21.1. The van der Waals surface area contributed by atoms with Crippen LogP contribution in [0.25, 0.3) is 0 Å². The average molecular weight is 405 g/mol. The van der Waals surface area contributed by atoms with Gasteiger partial charge in [0, 0.05) is 23.8 Å². The van der Waals surface area contributed by atoms with E-state index in [1.54, 1.807) is 0 Å². The highest BCUT2D eigenvalue weighted by molar-refractivity contribution is 6.11. The topological polar surface area (TPSA) is 51.2 Å². The van der Waals surface area contributed by atoms with Crippen molar-refractivity contribution in [1.82, 2.24) is 0 Å². The fourth-order valence-corrected chi connectivity index (χ4v) is 7.57. The molecule has 158 valence electrons. The summed E-state index contributed by atoms with van der Waals surface area (Å²) in [6.45, 7) is 4.52. The number of benzene rings is 1. The number of Topliss-reactive ketones (excluding diaryl/α,β-unsaturated/α-hetero) is 3. The van der Waals surface area contributed by atoms with Crippen LogP contribution >= 0.6 is 0 Å². The number of ketones is 3. The van der Waals surface area contributed by atoms with Gasteiger partial charge in [-0.3, -0.25) is 14.4 Å². The average Bonchev–Trinajstić information content (AvgIpc) is 2.74. The Morgan fingerprint density at radius 2 is 1.73 bits per heavy atom. The van der Waals surface area contributed by atoms with Crippen LogP contribution < -0.4 is 0 Å². The van der Waals surface area contributed by atoms with Gasteiger partial charge in [0.15, 0.2) is 5.78 Å². The minimum atomic E-state index is -0.533. The molecule has 0 aromatic heterocycles. The molecule has 0 saturated heterocycles. The molecule has 30 heavy (non-hydrogen) atoms. The lowest BCUT2D eigenvalue weighted by atomic mass is 9.44. The first-order valence-electron chi connectivity index (χ1n) is 11.7. The van der Waals surface area contributed by atoms with Crippen molar-refractivity contribution in [2.45, 2.75) is 65.2 Å². The Kier molecular flexibility index (Phi) is 4.65. The van der Waals surface area contributed by atoms with Gasteiger partial charge in [-0.05, 0) is 61.7 Å². The van der Waals surface area contributed by atoms with E-state index in [4.69, 9.17) is 0 Å². The number of carbonyl (C=O) groups is 3.